The van der Waals surface area contributed by atoms with Crippen LogP contribution in [0.25, 0.3) is 0 Å². The molecule has 0 atom stereocenters. The van der Waals surface area contributed by atoms with Crippen molar-refractivity contribution in [2.75, 3.05) is 26.7 Å². The van der Waals surface area contributed by atoms with Crippen molar-refractivity contribution < 1.29 is 16.4 Å². The molecule has 1 aliphatic rings. The molecular weight excluding hydrogens is 250 g/mol. The van der Waals surface area contributed by atoms with Crippen LogP contribution in [0, 0.1) is 5.41 Å². The van der Waals surface area contributed by atoms with Gasteiger partial charge in [0, 0.05) is 4.11 Å². The number of likely N-dealkylation sites (tertiary alicyclic amines) is 1. The Balaban J connectivity index is 2.12. The van der Waals surface area contributed by atoms with Gasteiger partial charge in [0.15, 0.2) is 0 Å². The minimum atomic E-state index is -3.00. The third-order valence-corrected chi connectivity index (χ3v) is 4.15. The van der Waals surface area contributed by atoms with Gasteiger partial charge in [0.05, 0.1) is 15.7 Å². The Hall–Kier alpha value is -1.35. The van der Waals surface area contributed by atoms with Gasteiger partial charge >= 0.3 is 5.97 Å². The van der Waals surface area contributed by atoms with E-state index in [-0.39, 0.29) is 11.8 Å². The molecule has 1 heterocycles. The Labute approximate surface area is 128 Å². The zero-order chi connectivity index (χ0) is 18.7. The first-order chi connectivity index (χ1) is 11.5. The lowest BCUT2D eigenvalue weighted by Gasteiger charge is -2.40. The van der Waals surface area contributed by atoms with Gasteiger partial charge in [-0.05, 0) is 57.2 Å². The van der Waals surface area contributed by atoms with E-state index in [1.165, 1.54) is 0 Å². The molecule has 110 valence electrons. The van der Waals surface area contributed by atoms with Gasteiger partial charge in [0.1, 0.15) is 0 Å². The fraction of sp³-hybridized carbons (Fsp3) is 0.588. The molecule has 1 aromatic carbocycles. The predicted octanol–water partition coefficient (Wildman–Crippen LogP) is 2.89. The molecule has 1 aliphatic heterocycles. The summed E-state index contributed by atoms with van der Waals surface area (Å²) in [5.41, 5.74) is 0.772. The average molecular weight is 280 g/mol. The molecule has 0 spiro atoms. The van der Waals surface area contributed by atoms with Crippen LogP contribution in [-0.2, 0) is 16.0 Å². The maximum absolute atomic E-state index is 12.3. The first kappa shape index (κ1) is 9.56. The number of hydrogen-bond acceptors (Lipinski definition) is 3. The lowest BCUT2D eigenvalue weighted by Crippen LogP contribution is -2.40. The zero-order valence-electron chi connectivity index (χ0n) is 16.9. The van der Waals surface area contributed by atoms with Crippen molar-refractivity contribution in [2.24, 2.45) is 5.41 Å². The van der Waals surface area contributed by atoms with E-state index in [0.29, 0.717) is 6.42 Å². The second-order valence-corrected chi connectivity index (χ2v) is 5.72. The fourth-order valence-electron chi connectivity index (χ4n) is 2.94. The van der Waals surface area contributed by atoms with E-state index < -0.39 is 19.4 Å². The van der Waals surface area contributed by atoms with E-state index in [1.54, 1.807) is 0 Å². The van der Waals surface area contributed by atoms with E-state index in [4.69, 9.17) is 11.6 Å². The van der Waals surface area contributed by atoms with Gasteiger partial charge < -0.3 is 9.64 Å². The van der Waals surface area contributed by atoms with Crippen LogP contribution in [0.5, 0.6) is 0 Å². The lowest BCUT2D eigenvalue weighted by atomic mass is 9.71. The minimum Gasteiger partial charge on any atom is -0.466 e. The lowest BCUT2D eigenvalue weighted by molar-refractivity contribution is -0.146. The minimum absolute atomic E-state index is 0.0192. The summed E-state index contributed by atoms with van der Waals surface area (Å²) in [6, 6.07) is 9.84. The molecule has 0 radical (unpaired) electrons. The Morgan fingerprint density at radius 2 is 2.10 bits per heavy atom. The van der Waals surface area contributed by atoms with Gasteiger partial charge in [-0.3, -0.25) is 4.79 Å². The van der Waals surface area contributed by atoms with Gasteiger partial charge in [-0.15, -0.1) is 0 Å². The van der Waals surface area contributed by atoms with Gasteiger partial charge in [0.25, 0.3) is 0 Å². The van der Waals surface area contributed by atoms with Crippen molar-refractivity contribution in [3.05, 3.63) is 35.9 Å². The molecule has 1 aromatic rings. The Bertz CT molecular complexity index is 580. The summed E-state index contributed by atoms with van der Waals surface area (Å²) < 4.78 is 41.2. The van der Waals surface area contributed by atoms with Crippen LogP contribution in [0.15, 0.2) is 30.3 Å². The molecule has 0 aromatic heterocycles. The standard InChI is InChI=1S/C17H25NO2/c1-3-20-16(19)14-17(9-11-18(2)12-10-17)13-15-7-5-4-6-8-15/h4-8H,3,9-14H2,1-2H3/i1D3,3D2. The largest absolute Gasteiger partial charge is 0.466 e. The van der Waals surface area contributed by atoms with Crippen molar-refractivity contribution in [1.82, 2.24) is 4.90 Å². The van der Waals surface area contributed by atoms with Gasteiger partial charge in [-0.25, -0.2) is 0 Å². The van der Waals surface area contributed by atoms with Crippen molar-refractivity contribution in [3.63, 3.8) is 0 Å². The molecule has 20 heavy (non-hydrogen) atoms. The summed E-state index contributed by atoms with van der Waals surface area (Å²) in [6.07, 6.45) is 2.27. The average Bonchev–Trinajstić information content (AvgIpc) is 2.49. The highest BCUT2D eigenvalue weighted by Gasteiger charge is 2.36. The smallest absolute Gasteiger partial charge is 0.306 e. The molecule has 3 nitrogen and oxygen atoms in total. The molecule has 0 N–H and O–H groups in total. The molecule has 2 rings (SSSR count). The van der Waals surface area contributed by atoms with Crippen molar-refractivity contribution in [3.8, 4) is 0 Å². The van der Waals surface area contributed by atoms with E-state index in [9.17, 15) is 4.79 Å². The number of carbonyl (C=O) groups is 1. The molecule has 0 aliphatic carbocycles. The van der Waals surface area contributed by atoms with Crippen LogP contribution < -0.4 is 0 Å². The van der Waals surface area contributed by atoms with Crippen LogP contribution in [0.4, 0.5) is 0 Å². The molecule has 0 amide bonds. The second kappa shape index (κ2) is 6.89. The maximum atomic E-state index is 12.3. The SMILES string of the molecule is [2H]C([2H])([2H])C([2H])([2H])OC(=O)CC1(Cc2ccccc2)CCN(C)CC1. The summed E-state index contributed by atoms with van der Waals surface area (Å²) in [5, 5.41) is 0. The molecular formula is C17H25NO2. The molecule has 1 saturated heterocycles. The van der Waals surface area contributed by atoms with Crippen LogP contribution in [0.2, 0.25) is 0 Å². The van der Waals surface area contributed by atoms with Crippen molar-refractivity contribution >= 4 is 5.97 Å². The van der Waals surface area contributed by atoms with E-state index >= 15 is 0 Å². The number of rotatable bonds is 5. The summed E-state index contributed by atoms with van der Waals surface area (Å²) in [7, 11) is 2.03. The number of benzene rings is 1. The molecule has 0 saturated carbocycles. The number of hydrogen-bond donors (Lipinski definition) is 0. The third kappa shape index (κ3) is 4.07. The Morgan fingerprint density at radius 1 is 1.40 bits per heavy atom. The number of esters is 1. The maximum Gasteiger partial charge on any atom is 0.306 e. The number of piperidine rings is 1. The molecule has 0 unspecified atom stereocenters. The van der Waals surface area contributed by atoms with Crippen LogP contribution >= 0.6 is 0 Å². The number of nitrogens with zero attached hydrogens (tertiary/aromatic N) is 1. The highest BCUT2D eigenvalue weighted by Crippen LogP contribution is 2.38. The van der Waals surface area contributed by atoms with Crippen LogP contribution in [-0.4, -0.2) is 37.6 Å². The Morgan fingerprint density at radius 3 is 2.75 bits per heavy atom. The van der Waals surface area contributed by atoms with Crippen LogP contribution in [0.1, 0.15) is 38.5 Å². The second-order valence-electron chi connectivity index (χ2n) is 5.72. The quantitative estimate of drug-likeness (QED) is 0.777. The monoisotopic (exact) mass is 280 g/mol. The van der Waals surface area contributed by atoms with Crippen molar-refractivity contribution in [2.45, 2.75) is 32.5 Å². The van der Waals surface area contributed by atoms with Gasteiger partial charge in [-0.2, -0.15) is 0 Å². The topological polar surface area (TPSA) is 29.5 Å². The predicted molar refractivity (Wildman–Crippen MR) is 80.6 cm³/mol. The highest BCUT2D eigenvalue weighted by atomic mass is 16.5. The zero-order valence-corrected chi connectivity index (χ0v) is 11.9. The highest BCUT2D eigenvalue weighted by molar-refractivity contribution is 5.70. The summed E-state index contributed by atoms with van der Waals surface area (Å²) in [4.78, 5) is 14.5. The van der Waals surface area contributed by atoms with E-state index in [0.717, 1.165) is 31.5 Å². The summed E-state index contributed by atoms with van der Waals surface area (Å²) in [5.74, 6) is -0.790. The van der Waals surface area contributed by atoms with E-state index in [1.807, 2.05) is 37.4 Å². The normalized spacial score (nSPS) is 23.8. The van der Waals surface area contributed by atoms with Gasteiger partial charge in [0.2, 0.25) is 0 Å². The first-order valence-electron chi connectivity index (χ1n) is 9.47. The Kier molecular flexibility index (Phi) is 3.29. The third-order valence-electron chi connectivity index (χ3n) is 4.15. The molecule has 3 heteroatoms. The number of ether oxygens (including phenoxy) is 1. The first-order valence-corrected chi connectivity index (χ1v) is 6.97. The fourth-order valence-corrected chi connectivity index (χ4v) is 2.94. The van der Waals surface area contributed by atoms with Crippen molar-refractivity contribution in [1.29, 1.82) is 0 Å². The summed E-state index contributed by atoms with van der Waals surface area (Å²) >= 11 is 0. The number of carbonyl (C=O) groups excluding carboxylic acids is 1. The molecule has 1 fully saturated rings. The van der Waals surface area contributed by atoms with Crippen LogP contribution in [0.3, 0.4) is 0 Å². The summed E-state index contributed by atoms with van der Waals surface area (Å²) in [6.45, 7) is -4.29. The molecule has 0 bridgehead atoms. The van der Waals surface area contributed by atoms with Gasteiger partial charge in [-0.1, -0.05) is 30.3 Å². The van der Waals surface area contributed by atoms with E-state index in [2.05, 4.69) is 4.90 Å².